The van der Waals surface area contributed by atoms with Crippen molar-refractivity contribution < 1.29 is 4.42 Å². The minimum atomic E-state index is -0.285. The molecule has 106 valence electrons. The number of aromatic amines is 1. The molecule has 0 aliphatic carbocycles. The van der Waals surface area contributed by atoms with Crippen LogP contribution in [0.1, 0.15) is 17.4 Å². The van der Waals surface area contributed by atoms with E-state index in [4.69, 9.17) is 4.42 Å². The minimum Gasteiger partial charge on any atom is -0.461 e. The van der Waals surface area contributed by atoms with Crippen molar-refractivity contribution >= 4 is 27.2 Å². The first kappa shape index (κ1) is 12.3. The topological polar surface area (TPSA) is 76.2 Å². The third-order valence-corrected chi connectivity index (χ3v) is 4.61. The molecular weight excluding hydrogens is 288 g/mol. The number of nitrogens with one attached hydrogen (secondary N) is 1. The molecule has 0 spiro atoms. The number of aryl methyl sites for hydroxylation is 2. The lowest BCUT2D eigenvalue weighted by molar-refractivity contribution is 0.577. The highest BCUT2D eigenvalue weighted by atomic mass is 32.1. The first-order valence-corrected chi connectivity index (χ1v) is 7.45. The molecule has 4 rings (SSSR count). The average Bonchev–Trinajstić information content (AvgIpc) is 3.14. The standard InChI is InChI=1S/C14H12N4O2S/c1-3-8-7(2)21-13-10(8)12-15-11(9-5-4-6-20-9)17-18(12)14(19)16-13/h4-6H,3H2,1-2H3,(H,16,19). The van der Waals surface area contributed by atoms with E-state index >= 15 is 0 Å². The van der Waals surface area contributed by atoms with Gasteiger partial charge in [-0.3, -0.25) is 4.98 Å². The molecule has 0 aromatic carbocycles. The summed E-state index contributed by atoms with van der Waals surface area (Å²) in [6.45, 7) is 4.15. The van der Waals surface area contributed by atoms with Crippen LogP contribution in [0.3, 0.4) is 0 Å². The van der Waals surface area contributed by atoms with E-state index in [0.717, 1.165) is 16.6 Å². The van der Waals surface area contributed by atoms with Gasteiger partial charge in [-0.25, -0.2) is 9.78 Å². The molecule has 0 bridgehead atoms. The summed E-state index contributed by atoms with van der Waals surface area (Å²) in [5.74, 6) is 0.972. The number of furan rings is 1. The highest BCUT2D eigenvalue weighted by molar-refractivity contribution is 7.18. The van der Waals surface area contributed by atoms with Crippen LogP contribution in [-0.4, -0.2) is 19.6 Å². The number of thiophene rings is 1. The van der Waals surface area contributed by atoms with Gasteiger partial charge in [0, 0.05) is 4.88 Å². The van der Waals surface area contributed by atoms with Gasteiger partial charge in [0.05, 0.1) is 11.6 Å². The van der Waals surface area contributed by atoms with Crippen molar-refractivity contribution in [2.75, 3.05) is 0 Å². The molecule has 0 saturated heterocycles. The zero-order valence-corrected chi connectivity index (χ0v) is 12.3. The summed E-state index contributed by atoms with van der Waals surface area (Å²) in [5, 5.41) is 5.24. The van der Waals surface area contributed by atoms with Gasteiger partial charge in [0.25, 0.3) is 0 Å². The Hall–Kier alpha value is -2.41. The van der Waals surface area contributed by atoms with Crippen LogP contribution in [0.2, 0.25) is 0 Å². The molecule has 0 fully saturated rings. The number of aromatic nitrogens is 4. The summed E-state index contributed by atoms with van der Waals surface area (Å²) in [5.41, 5.74) is 1.50. The number of nitrogens with zero attached hydrogens (tertiary/aromatic N) is 3. The number of fused-ring (bicyclic) bond motifs is 3. The maximum Gasteiger partial charge on any atom is 0.349 e. The summed E-state index contributed by atoms with van der Waals surface area (Å²) in [7, 11) is 0. The van der Waals surface area contributed by atoms with Crippen LogP contribution in [0.25, 0.3) is 27.4 Å². The molecule has 0 saturated carbocycles. The predicted octanol–water partition coefficient (Wildman–Crippen LogP) is 2.76. The molecule has 1 N–H and O–H groups in total. The monoisotopic (exact) mass is 300 g/mol. The molecular formula is C14H12N4O2S. The Morgan fingerprint density at radius 3 is 3.05 bits per heavy atom. The smallest absolute Gasteiger partial charge is 0.349 e. The Balaban J connectivity index is 2.16. The quantitative estimate of drug-likeness (QED) is 0.617. The maximum atomic E-state index is 12.2. The number of rotatable bonds is 2. The summed E-state index contributed by atoms with van der Waals surface area (Å²) in [6.07, 6.45) is 2.45. The molecule has 4 aromatic rings. The van der Waals surface area contributed by atoms with E-state index < -0.39 is 0 Å². The van der Waals surface area contributed by atoms with Gasteiger partial charge in [0.15, 0.2) is 11.4 Å². The molecule has 0 unspecified atom stereocenters. The molecule has 0 aliphatic heterocycles. The van der Waals surface area contributed by atoms with Crippen LogP contribution >= 0.6 is 11.3 Å². The average molecular weight is 300 g/mol. The summed E-state index contributed by atoms with van der Waals surface area (Å²) in [4.78, 5) is 21.6. The van der Waals surface area contributed by atoms with Crippen LogP contribution in [0.15, 0.2) is 27.6 Å². The Bertz CT molecular complexity index is 1010. The van der Waals surface area contributed by atoms with Crippen molar-refractivity contribution in [3.8, 4) is 11.6 Å². The van der Waals surface area contributed by atoms with Crippen LogP contribution in [0, 0.1) is 6.92 Å². The Labute approximate surface area is 123 Å². The zero-order valence-electron chi connectivity index (χ0n) is 11.5. The van der Waals surface area contributed by atoms with Gasteiger partial charge >= 0.3 is 5.69 Å². The SMILES string of the molecule is CCc1c(C)sc2[nH]c(=O)n3nc(-c4ccco4)nc3c12. The largest absolute Gasteiger partial charge is 0.461 e. The van der Waals surface area contributed by atoms with E-state index in [1.54, 1.807) is 29.7 Å². The molecule has 21 heavy (non-hydrogen) atoms. The Morgan fingerprint density at radius 2 is 2.33 bits per heavy atom. The van der Waals surface area contributed by atoms with Gasteiger partial charge in [-0.15, -0.1) is 16.4 Å². The third-order valence-electron chi connectivity index (χ3n) is 3.55. The number of hydrogen-bond acceptors (Lipinski definition) is 5. The van der Waals surface area contributed by atoms with E-state index in [9.17, 15) is 4.79 Å². The second-order valence-electron chi connectivity index (χ2n) is 4.77. The summed E-state index contributed by atoms with van der Waals surface area (Å²) >= 11 is 1.58. The van der Waals surface area contributed by atoms with Crippen LogP contribution in [-0.2, 0) is 6.42 Å². The first-order valence-electron chi connectivity index (χ1n) is 6.64. The number of hydrogen-bond donors (Lipinski definition) is 1. The lowest BCUT2D eigenvalue weighted by Gasteiger charge is -1.97. The Kier molecular flexibility index (Phi) is 2.52. The Morgan fingerprint density at radius 1 is 1.48 bits per heavy atom. The van der Waals surface area contributed by atoms with E-state index in [-0.39, 0.29) is 5.69 Å². The van der Waals surface area contributed by atoms with Gasteiger partial charge in [-0.2, -0.15) is 4.52 Å². The first-order chi connectivity index (χ1) is 10.2. The van der Waals surface area contributed by atoms with E-state index in [1.807, 2.05) is 0 Å². The molecule has 7 heteroatoms. The maximum absolute atomic E-state index is 12.2. The van der Waals surface area contributed by atoms with Gasteiger partial charge in [0.2, 0.25) is 5.82 Å². The molecule has 4 heterocycles. The highest BCUT2D eigenvalue weighted by Crippen LogP contribution is 2.31. The number of H-pyrrole nitrogens is 1. The van der Waals surface area contributed by atoms with Crippen molar-refractivity contribution in [2.45, 2.75) is 20.3 Å². The third kappa shape index (κ3) is 1.67. The zero-order chi connectivity index (χ0) is 14.6. The molecule has 6 nitrogen and oxygen atoms in total. The van der Waals surface area contributed by atoms with E-state index in [2.05, 4.69) is 28.9 Å². The fourth-order valence-corrected chi connectivity index (χ4v) is 3.74. The van der Waals surface area contributed by atoms with Crippen molar-refractivity contribution in [1.29, 1.82) is 0 Å². The molecule has 0 amide bonds. The second-order valence-corrected chi connectivity index (χ2v) is 6.00. The van der Waals surface area contributed by atoms with Crippen molar-refractivity contribution in [3.05, 3.63) is 39.3 Å². The van der Waals surface area contributed by atoms with Crippen molar-refractivity contribution in [3.63, 3.8) is 0 Å². The summed E-state index contributed by atoms with van der Waals surface area (Å²) < 4.78 is 6.63. The minimum absolute atomic E-state index is 0.285. The molecule has 0 radical (unpaired) electrons. The molecule has 0 atom stereocenters. The predicted molar refractivity (Wildman–Crippen MR) is 80.8 cm³/mol. The van der Waals surface area contributed by atoms with Crippen LogP contribution in [0.4, 0.5) is 0 Å². The van der Waals surface area contributed by atoms with E-state index in [0.29, 0.717) is 17.2 Å². The van der Waals surface area contributed by atoms with Gasteiger partial charge in [-0.1, -0.05) is 6.92 Å². The van der Waals surface area contributed by atoms with E-state index in [1.165, 1.54) is 15.0 Å². The highest BCUT2D eigenvalue weighted by Gasteiger charge is 2.18. The van der Waals surface area contributed by atoms with Crippen molar-refractivity contribution in [1.82, 2.24) is 19.6 Å². The van der Waals surface area contributed by atoms with Crippen molar-refractivity contribution in [2.24, 2.45) is 0 Å². The fraction of sp³-hybridized carbons (Fsp3) is 0.214. The van der Waals surface area contributed by atoms with Gasteiger partial charge in [0.1, 0.15) is 4.83 Å². The molecule has 4 aromatic heterocycles. The normalized spacial score (nSPS) is 11.7. The second kappa shape index (κ2) is 4.29. The summed E-state index contributed by atoms with van der Waals surface area (Å²) in [6, 6.07) is 3.55. The molecule has 0 aliphatic rings. The van der Waals surface area contributed by atoms with Crippen LogP contribution in [0.5, 0.6) is 0 Å². The van der Waals surface area contributed by atoms with Crippen LogP contribution < -0.4 is 5.69 Å². The lowest BCUT2D eigenvalue weighted by Crippen LogP contribution is -2.17. The fourth-order valence-electron chi connectivity index (χ4n) is 2.60. The van der Waals surface area contributed by atoms with Gasteiger partial charge < -0.3 is 4.42 Å². The lowest BCUT2D eigenvalue weighted by atomic mass is 10.1. The van der Waals surface area contributed by atoms with Gasteiger partial charge in [-0.05, 0) is 31.0 Å².